The van der Waals surface area contributed by atoms with Crippen molar-refractivity contribution in [3.05, 3.63) is 71.9 Å². The molecule has 138 valence electrons. The summed E-state index contributed by atoms with van der Waals surface area (Å²) in [5.74, 6) is 1.59. The molecule has 1 unspecified atom stereocenters. The molecule has 27 heavy (non-hydrogen) atoms. The van der Waals surface area contributed by atoms with Crippen molar-refractivity contribution >= 4 is 35.2 Å². The predicted octanol–water partition coefficient (Wildman–Crippen LogP) is 4.18. The van der Waals surface area contributed by atoms with Gasteiger partial charge in [-0.2, -0.15) is 5.10 Å². The lowest BCUT2D eigenvalue weighted by molar-refractivity contribution is 0.363. The van der Waals surface area contributed by atoms with Crippen molar-refractivity contribution in [3.8, 4) is 5.69 Å². The van der Waals surface area contributed by atoms with Crippen LogP contribution in [0, 0.1) is 6.92 Å². The van der Waals surface area contributed by atoms with E-state index in [4.69, 9.17) is 26.4 Å². The summed E-state index contributed by atoms with van der Waals surface area (Å²) in [6.07, 6.45) is -2.50. The van der Waals surface area contributed by atoms with Gasteiger partial charge in [-0.05, 0) is 37.8 Å². The first-order valence-electron chi connectivity index (χ1n) is 8.84. The Morgan fingerprint density at radius 1 is 1.04 bits per heavy atom. The van der Waals surface area contributed by atoms with E-state index in [1.165, 1.54) is 0 Å². The Kier molecular flexibility index (Phi) is 4.72. The van der Waals surface area contributed by atoms with Crippen LogP contribution >= 0.6 is 6.42 Å². The summed E-state index contributed by atoms with van der Waals surface area (Å²) in [6.45, 7) is 4.50. The van der Waals surface area contributed by atoms with E-state index < -0.39 is 6.42 Å². The van der Waals surface area contributed by atoms with Gasteiger partial charge in [0.15, 0.2) is 12.2 Å². The second-order valence-corrected chi connectivity index (χ2v) is 10.1. The summed E-state index contributed by atoms with van der Waals surface area (Å²) in [7, 11) is 1.98. The number of hydrogen-bond acceptors (Lipinski definition) is 4. The van der Waals surface area contributed by atoms with Gasteiger partial charge in [-0.1, -0.05) is 48.5 Å². The molecule has 7 heteroatoms. The third kappa shape index (κ3) is 2.94. The van der Waals surface area contributed by atoms with Gasteiger partial charge < -0.3 is 9.19 Å². The summed E-state index contributed by atoms with van der Waals surface area (Å²) in [5, 5.41) is 5.70. The van der Waals surface area contributed by atoms with Crippen LogP contribution in [0.15, 0.2) is 65.7 Å². The number of aryl methyl sites for hydroxylation is 1. The van der Waals surface area contributed by atoms with Crippen molar-refractivity contribution in [2.24, 2.45) is 4.99 Å². The minimum atomic E-state index is -2.50. The second-order valence-electron chi connectivity index (χ2n) is 6.27. The van der Waals surface area contributed by atoms with E-state index in [0.717, 1.165) is 33.9 Å². The van der Waals surface area contributed by atoms with Crippen LogP contribution in [-0.4, -0.2) is 33.9 Å². The van der Waals surface area contributed by atoms with E-state index in [2.05, 4.69) is 0 Å². The molecule has 0 spiro atoms. The molecule has 5 nitrogen and oxygen atoms in total. The molecule has 1 atom stereocenters. The molecule has 1 aliphatic heterocycles. The molecule has 0 radical (unpaired) electrons. The third-order valence-corrected chi connectivity index (χ3v) is 8.81. The molecule has 0 bridgehead atoms. The number of amidine groups is 1. The highest BCUT2D eigenvalue weighted by Crippen LogP contribution is 2.55. The van der Waals surface area contributed by atoms with Crippen molar-refractivity contribution in [2.45, 2.75) is 13.8 Å². The number of benzene rings is 2. The van der Waals surface area contributed by atoms with Crippen LogP contribution in [0.5, 0.6) is 0 Å². The zero-order chi connectivity index (χ0) is 19.0. The molecule has 1 aromatic heterocycles. The lowest BCUT2D eigenvalue weighted by Gasteiger charge is -2.36. The number of fused-ring (bicyclic) bond motifs is 1. The number of hydrogen-bond donors (Lipinski definition) is 0. The Morgan fingerprint density at radius 3 is 2.30 bits per heavy atom. The van der Waals surface area contributed by atoms with E-state index >= 15 is 0 Å². The largest absolute Gasteiger partial charge is 0.331 e. The van der Waals surface area contributed by atoms with E-state index in [1.807, 2.05) is 90.9 Å². The molecule has 4 rings (SSSR count). The Balaban J connectivity index is 2.01. The summed E-state index contributed by atoms with van der Waals surface area (Å²) in [5.41, 5.74) is 2.84. The van der Waals surface area contributed by atoms with Gasteiger partial charge in [-0.25, -0.2) is 9.67 Å². The molecular formula is C20H21N4OPS. The van der Waals surface area contributed by atoms with Crippen molar-refractivity contribution in [1.82, 2.24) is 14.5 Å². The molecule has 0 saturated heterocycles. The Morgan fingerprint density at radius 2 is 1.67 bits per heavy atom. The van der Waals surface area contributed by atoms with Crippen LogP contribution in [0.2, 0.25) is 0 Å². The molecule has 0 aliphatic carbocycles. The van der Waals surface area contributed by atoms with Crippen LogP contribution in [0.3, 0.4) is 0 Å². The second kappa shape index (κ2) is 7.04. The zero-order valence-corrected chi connectivity index (χ0v) is 17.2. The summed E-state index contributed by atoms with van der Waals surface area (Å²) >= 11 is 6.14. The summed E-state index contributed by atoms with van der Waals surface area (Å²) in [4.78, 5) is 5.00. The molecule has 2 aromatic carbocycles. The standard InChI is InChI=1S/C20H21N4OPS/c1-4-25-26(27)18-15(2)22-24(17-13-9-6-10-14-17)20(18)21-19(23(26)3)16-11-7-5-8-12-16/h5-14H,4H2,1-3H3. The molecule has 3 aromatic rings. The minimum Gasteiger partial charge on any atom is -0.331 e. The fourth-order valence-corrected chi connectivity index (χ4v) is 6.70. The number of rotatable bonds is 4. The van der Waals surface area contributed by atoms with Gasteiger partial charge in [0, 0.05) is 12.6 Å². The SMILES string of the molecule is CCOP1(=S)c2c(C)nn(-c3ccccc3)c2N=C(c2ccccc2)N1C. The Bertz CT molecular complexity index is 1050. The van der Waals surface area contributed by atoms with Crippen LogP contribution in [0.1, 0.15) is 18.2 Å². The third-order valence-electron chi connectivity index (χ3n) is 4.54. The Labute approximate surface area is 164 Å². The number of nitrogens with zero attached hydrogens (tertiary/aromatic N) is 4. The molecule has 0 N–H and O–H groups in total. The van der Waals surface area contributed by atoms with Gasteiger partial charge in [0.25, 0.3) is 0 Å². The van der Waals surface area contributed by atoms with Gasteiger partial charge in [0.2, 0.25) is 0 Å². The van der Waals surface area contributed by atoms with Crippen LogP contribution < -0.4 is 5.30 Å². The zero-order valence-electron chi connectivity index (χ0n) is 15.5. The van der Waals surface area contributed by atoms with Gasteiger partial charge in [0.1, 0.15) is 5.84 Å². The maximum Gasteiger partial charge on any atom is 0.192 e. The first-order chi connectivity index (χ1) is 13.1. The number of para-hydroxylation sites is 1. The molecule has 0 fully saturated rings. The maximum absolute atomic E-state index is 6.21. The fraction of sp³-hybridized carbons (Fsp3) is 0.200. The average Bonchev–Trinajstić information content (AvgIpc) is 3.03. The average molecular weight is 396 g/mol. The van der Waals surface area contributed by atoms with Gasteiger partial charge in [-0.3, -0.25) is 0 Å². The molecule has 2 heterocycles. The van der Waals surface area contributed by atoms with Crippen molar-refractivity contribution in [2.75, 3.05) is 13.7 Å². The highest BCUT2D eigenvalue weighted by molar-refractivity contribution is 8.15. The lowest BCUT2D eigenvalue weighted by atomic mass is 10.2. The lowest BCUT2D eigenvalue weighted by Crippen LogP contribution is -2.34. The van der Waals surface area contributed by atoms with Crippen LogP contribution in [0.4, 0.5) is 5.82 Å². The predicted molar refractivity (Wildman–Crippen MR) is 114 cm³/mol. The summed E-state index contributed by atoms with van der Waals surface area (Å²) in [6, 6.07) is 20.1. The highest BCUT2D eigenvalue weighted by atomic mass is 32.4. The van der Waals surface area contributed by atoms with E-state index in [1.54, 1.807) is 0 Å². The van der Waals surface area contributed by atoms with Crippen molar-refractivity contribution in [3.63, 3.8) is 0 Å². The number of aliphatic imine (C=N–C) groups is 1. The summed E-state index contributed by atoms with van der Waals surface area (Å²) < 4.78 is 10.1. The molecule has 1 aliphatic rings. The maximum atomic E-state index is 6.21. The molecule has 0 saturated carbocycles. The molecule has 0 amide bonds. The number of aromatic nitrogens is 2. The smallest absolute Gasteiger partial charge is 0.192 e. The first kappa shape index (κ1) is 18.1. The van der Waals surface area contributed by atoms with Crippen molar-refractivity contribution in [1.29, 1.82) is 0 Å². The van der Waals surface area contributed by atoms with Crippen LogP contribution in [0.25, 0.3) is 5.69 Å². The Hall–Kier alpha value is -2.27. The van der Waals surface area contributed by atoms with Crippen molar-refractivity contribution < 1.29 is 4.52 Å². The first-order valence-corrected chi connectivity index (χ1v) is 11.5. The van der Waals surface area contributed by atoms with Gasteiger partial charge in [-0.15, -0.1) is 0 Å². The minimum absolute atomic E-state index is 0.541. The quantitative estimate of drug-likeness (QED) is 0.621. The fourth-order valence-electron chi connectivity index (χ4n) is 3.30. The van der Waals surface area contributed by atoms with Crippen LogP contribution in [-0.2, 0) is 16.3 Å². The molecular weight excluding hydrogens is 375 g/mol. The van der Waals surface area contributed by atoms with E-state index in [0.29, 0.717) is 6.61 Å². The monoisotopic (exact) mass is 396 g/mol. The van der Waals surface area contributed by atoms with E-state index in [9.17, 15) is 0 Å². The van der Waals surface area contributed by atoms with Gasteiger partial charge in [0.05, 0.1) is 23.3 Å². The van der Waals surface area contributed by atoms with Gasteiger partial charge >= 0.3 is 0 Å². The topological polar surface area (TPSA) is 42.6 Å². The van der Waals surface area contributed by atoms with E-state index in [-0.39, 0.29) is 0 Å². The highest BCUT2D eigenvalue weighted by Gasteiger charge is 2.40. The normalized spacial score (nSPS) is 18.9.